The number of pyridine rings is 1. The Morgan fingerprint density at radius 3 is 2.47 bits per heavy atom. The van der Waals surface area contributed by atoms with Crippen LogP contribution >= 0.6 is 0 Å². The van der Waals surface area contributed by atoms with Gasteiger partial charge in [-0.15, -0.1) is 10.2 Å². The van der Waals surface area contributed by atoms with Crippen molar-refractivity contribution in [3.63, 3.8) is 0 Å². The Morgan fingerprint density at radius 1 is 1.00 bits per heavy atom. The summed E-state index contributed by atoms with van der Waals surface area (Å²) in [4.78, 5) is 31.7. The fraction of sp³-hybridized carbons (Fsp3) is 0.261. The first kappa shape index (κ1) is 21.2. The number of anilines is 2. The van der Waals surface area contributed by atoms with Crippen LogP contribution in [-0.4, -0.2) is 64.7 Å². The average molecular weight is 432 g/mol. The van der Waals surface area contributed by atoms with Gasteiger partial charge >= 0.3 is 0 Å². The lowest BCUT2D eigenvalue weighted by molar-refractivity contribution is -0.133. The van der Waals surface area contributed by atoms with E-state index < -0.39 is 0 Å². The third-order valence-corrected chi connectivity index (χ3v) is 5.10. The third-order valence-electron chi connectivity index (χ3n) is 5.10. The molecule has 0 atom stereocenters. The molecule has 0 aliphatic carbocycles. The van der Waals surface area contributed by atoms with Gasteiger partial charge in [-0.3, -0.25) is 14.6 Å². The highest BCUT2D eigenvalue weighted by Gasteiger charge is 2.22. The summed E-state index contributed by atoms with van der Waals surface area (Å²) in [6.07, 6.45) is 3.45. The van der Waals surface area contributed by atoms with Crippen molar-refractivity contribution in [3.05, 3.63) is 60.9 Å². The van der Waals surface area contributed by atoms with Gasteiger partial charge < -0.3 is 19.9 Å². The topological polar surface area (TPSA) is 101 Å². The SMILES string of the molecule is CC(=O)Nc1cccc(OCC(=O)N2CCN(c3ccc(-c4ccncc4)nn3)CC2)c1. The second-order valence-corrected chi connectivity index (χ2v) is 7.38. The number of rotatable bonds is 6. The zero-order valence-corrected chi connectivity index (χ0v) is 17.8. The molecule has 2 aromatic heterocycles. The third kappa shape index (κ3) is 5.37. The first-order chi connectivity index (χ1) is 15.6. The number of hydrogen-bond acceptors (Lipinski definition) is 7. The minimum Gasteiger partial charge on any atom is -0.484 e. The molecule has 3 heterocycles. The monoisotopic (exact) mass is 432 g/mol. The summed E-state index contributed by atoms with van der Waals surface area (Å²) in [5, 5.41) is 11.4. The molecule has 164 valence electrons. The first-order valence-corrected chi connectivity index (χ1v) is 10.4. The number of benzene rings is 1. The van der Waals surface area contributed by atoms with Crippen LogP contribution in [0.1, 0.15) is 6.92 Å². The molecule has 3 aromatic rings. The number of nitrogens with zero attached hydrogens (tertiary/aromatic N) is 5. The Balaban J connectivity index is 1.27. The van der Waals surface area contributed by atoms with E-state index in [1.165, 1.54) is 6.92 Å². The Morgan fingerprint density at radius 2 is 1.78 bits per heavy atom. The van der Waals surface area contributed by atoms with Crippen molar-refractivity contribution in [2.45, 2.75) is 6.92 Å². The molecule has 0 spiro atoms. The molecule has 4 rings (SSSR count). The van der Waals surface area contributed by atoms with E-state index in [2.05, 4.69) is 25.4 Å². The summed E-state index contributed by atoms with van der Waals surface area (Å²) >= 11 is 0. The van der Waals surface area contributed by atoms with Gasteiger partial charge in [-0.1, -0.05) is 6.07 Å². The maximum atomic E-state index is 12.6. The lowest BCUT2D eigenvalue weighted by atomic mass is 10.2. The standard InChI is InChI=1S/C23H24N6O3/c1-17(30)25-19-3-2-4-20(15-19)32-16-23(31)29-13-11-28(12-14-29)22-6-5-21(26-27-22)18-7-9-24-10-8-18/h2-10,15H,11-14,16H2,1H3,(H,25,30). The van der Waals surface area contributed by atoms with Crippen LogP contribution in [0, 0.1) is 0 Å². The number of hydrogen-bond donors (Lipinski definition) is 1. The summed E-state index contributed by atoms with van der Waals surface area (Å²) in [5.74, 6) is 1.09. The highest BCUT2D eigenvalue weighted by atomic mass is 16.5. The van der Waals surface area contributed by atoms with Crippen LogP contribution in [-0.2, 0) is 9.59 Å². The maximum absolute atomic E-state index is 12.6. The van der Waals surface area contributed by atoms with E-state index in [4.69, 9.17) is 4.74 Å². The minimum atomic E-state index is -0.159. The van der Waals surface area contributed by atoms with Crippen molar-refractivity contribution >= 4 is 23.3 Å². The second kappa shape index (κ2) is 9.86. The van der Waals surface area contributed by atoms with E-state index in [0.29, 0.717) is 37.6 Å². The van der Waals surface area contributed by atoms with Gasteiger partial charge in [-0.2, -0.15) is 0 Å². The van der Waals surface area contributed by atoms with Gasteiger partial charge in [0.1, 0.15) is 5.75 Å². The summed E-state index contributed by atoms with van der Waals surface area (Å²) in [7, 11) is 0. The van der Waals surface area contributed by atoms with Crippen molar-refractivity contribution in [3.8, 4) is 17.0 Å². The fourth-order valence-electron chi connectivity index (χ4n) is 3.46. The van der Waals surface area contributed by atoms with Gasteiger partial charge in [0.05, 0.1) is 5.69 Å². The number of ether oxygens (including phenoxy) is 1. The van der Waals surface area contributed by atoms with E-state index in [1.54, 1.807) is 41.6 Å². The molecule has 0 unspecified atom stereocenters. The summed E-state index contributed by atoms with van der Waals surface area (Å²) in [5.41, 5.74) is 2.40. The first-order valence-electron chi connectivity index (χ1n) is 10.4. The van der Waals surface area contributed by atoms with Gasteiger partial charge in [0.2, 0.25) is 5.91 Å². The number of nitrogens with one attached hydrogen (secondary N) is 1. The van der Waals surface area contributed by atoms with Gasteiger partial charge in [-0.25, -0.2) is 0 Å². The summed E-state index contributed by atoms with van der Waals surface area (Å²) in [6, 6.07) is 14.7. The predicted molar refractivity (Wildman–Crippen MR) is 120 cm³/mol. The van der Waals surface area contributed by atoms with Gasteiger partial charge in [-0.05, 0) is 36.4 Å². The van der Waals surface area contributed by atoms with Crippen molar-refractivity contribution in [2.24, 2.45) is 0 Å². The zero-order chi connectivity index (χ0) is 22.3. The molecule has 32 heavy (non-hydrogen) atoms. The van der Waals surface area contributed by atoms with Crippen LogP contribution in [0.5, 0.6) is 5.75 Å². The number of piperazine rings is 1. The minimum absolute atomic E-state index is 0.0516. The molecular weight excluding hydrogens is 408 g/mol. The van der Waals surface area contributed by atoms with Crippen molar-refractivity contribution in [2.75, 3.05) is 43.0 Å². The van der Waals surface area contributed by atoms with Crippen LogP contribution in [0.3, 0.4) is 0 Å². The summed E-state index contributed by atoms with van der Waals surface area (Å²) < 4.78 is 5.63. The number of amides is 2. The Labute approximate surface area is 186 Å². The molecule has 0 radical (unpaired) electrons. The van der Waals surface area contributed by atoms with Gasteiger partial charge in [0.15, 0.2) is 12.4 Å². The van der Waals surface area contributed by atoms with E-state index in [-0.39, 0.29) is 18.4 Å². The quantitative estimate of drug-likeness (QED) is 0.637. The lowest BCUT2D eigenvalue weighted by Gasteiger charge is -2.35. The molecular formula is C23H24N6O3. The predicted octanol–water partition coefficient (Wildman–Crippen LogP) is 2.22. The van der Waals surface area contributed by atoms with Gasteiger partial charge in [0, 0.05) is 62.8 Å². The summed E-state index contributed by atoms with van der Waals surface area (Å²) in [6.45, 7) is 3.91. The van der Waals surface area contributed by atoms with Crippen LogP contribution in [0.4, 0.5) is 11.5 Å². The van der Waals surface area contributed by atoms with Crippen LogP contribution in [0.25, 0.3) is 11.3 Å². The molecule has 0 saturated carbocycles. The molecule has 9 heteroatoms. The van der Waals surface area contributed by atoms with E-state index >= 15 is 0 Å². The van der Waals surface area contributed by atoms with Crippen LogP contribution in [0.15, 0.2) is 60.9 Å². The zero-order valence-electron chi connectivity index (χ0n) is 17.8. The Bertz CT molecular complexity index is 1070. The normalized spacial score (nSPS) is 13.5. The second-order valence-electron chi connectivity index (χ2n) is 7.38. The molecule has 1 saturated heterocycles. The molecule has 1 N–H and O–H groups in total. The maximum Gasteiger partial charge on any atom is 0.260 e. The van der Waals surface area contributed by atoms with E-state index in [1.807, 2.05) is 24.3 Å². The van der Waals surface area contributed by atoms with Crippen LogP contribution in [0.2, 0.25) is 0 Å². The average Bonchev–Trinajstić information content (AvgIpc) is 2.83. The molecule has 2 amide bonds. The molecule has 1 fully saturated rings. The fourth-order valence-corrected chi connectivity index (χ4v) is 3.46. The molecule has 1 aromatic carbocycles. The lowest BCUT2D eigenvalue weighted by Crippen LogP contribution is -2.50. The van der Waals surface area contributed by atoms with Gasteiger partial charge in [0.25, 0.3) is 5.91 Å². The largest absolute Gasteiger partial charge is 0.484 e. The van der Waals surface area contributed by atoms with Crippen molar-refractivity contribution < 1.29 is 14.3 Å². The van der Waals surface area contributed by atoms with E-state index in [0.717, 1.165) is 17.1 Å². The number of aromatic nitrogens is 3. The molecule has 9 nitrogen and oxygen atoms in total. The van der Waals surface area contributed by atoms with Crippen molar-refractivity contribution in [1.82, 2.24) is 20.1 Å². The highest BCUT2D eigenvalue weighted by Crippen LogP contribution is 2.20. The molecule has 0 bridgehead atoms. The Hall–Kier alpha value is -4.01. The van der Waals surface area contributed by atoms with E-state index in [9.17, 15) is 9.59 Å². The number of carbonyl (C=O) groups is 2. The highest BCUT2D eigenvalue weighted by molar-refractivity contribution is 5.88. The Kier molecular flexibility index (Phi) is 6.54. The number of carbonyl (C=O) groups excluding carboxylic acids is 2. The smallest absolute Gasteiger partial charge is 0.260 e. The molecule has 1 aliphatic heterocycles. The van der Waals surface area contributed by atoms with Crippen LogP contribution < -0.4 is 15.0 Å². The van der Waals surface area contributed by atoms with Crippen molar-refractivity contribution in [1.29, 1.82) is 0 Å². The molecule has 1 aliphatic rings.